The van der Waals surface area contributed by atoms with Crippen LogP contribution in [0.4, 0.5) is 0 Å². The maximum Gasteiger partial charge on any atom is 0.234 e. The average Bonchev–Trinajstić information content (AvgIpc) is 2.14. The molecule has 76 valence electrons. The van der Waals surface area contributed by atoms with Crippen molar-refractivity contribution in [1.29, 1.82) is 0 Å². The van der Waals surface area contributed by atoms with Gasteiger partial charge in [0.15, 0.2) is 0 Å². The number of nitrogens with one attached hydrogen (secondary N) is 1. The fourth-order valence-corrected chi connectivity index (χ4v) is 1.67. The molecule has 13 heavy (non-hydrogen) atoms. The van der Waals surface area contributed by atoms with Crippen LogP contribution >= 0.6 is 0 Å². The molecule has 2 rings (SSSR count). The molecule has 1 heterocycles. The molecule has 1 spiro atoms. The topological polar surface area (TPSA) is 49.0 Å². The maximum absolute atomic E-state index is 5.20. The number of hydrogen-bond acceptors (Lipinski definition) is 5. The van der Waals surface area contributed by atoms with Crippen LogP contribution < -0.4 is 5.32 Å². The zero-order chi connectivity index (χ0) is 8.99. The van der Waals surface area contributed by atoms with E-state index in [0.29, 0.717) is 13.5 Å². The van der Waals surface area contributed by atoms with E-state index in [4.69, 9.17) is 19.6 Å². The molecule has 0 unspecified atom stereocenters. The average molecular weight is 189 g/mol. The summed E-state index contributed by atoms with van der Waals surface area (Å²) in [6.07, 6.45) is 5.10. The van der Waals surface area contributed by atoms with Crippen LogP contribution in [0.3, 0.4) is 0 Å². The molecule has 0 amide bonds. The van der Waals surface area contributed by atoms with Crippen LogP contribution in [0.15, 0.2) is 0 Å². The van der Waals surface area contributed by atoms with E-state index in [0.717, 1.165) is 25.7 Å². The Labute approximate surface area is 77.1 Å². The van der Waals surface area contributed by atoms with Gasteiger partial charge in [-0.15, -0.1) is 0 Å². The van der Waals surface area contributed by atoms with Crippen LogP contribution in [0.5, 0.6) is 0 Å². The molecule has 0 radical (unpaired) electrons. The van der Waals surface area contributed by atoms with Crippen molar-refractivity contribution in [3.63, 3.8) is 0 Å². The lowest BCUT2D eigenvalue weighted by molar-refractivity contribution is -0.531. The van der Waals surface area contributed by atoms with Gasteiger partial charge in [0.1, 0.15) is 13.5 Å². The molecule has 1 saturated carbocycles. The lowest BCUT2D eigenvalue weighted by Gasteiger charge is -2.34. The Hall–Kier alpha value is -0.200. The highest BCUT2D eigenvalue weighted by molar-refractivity contribution is 4.72. The Balaban J connectivity index is 1.91. The molecule has 1 aliphatic carbocycles. The van der Waals surface area contributed by atoms with E-state index in [1.807, 2.05) is 0 Å². The highest BCUT2D eigenvalue weighted by atomic mass is 17.3. The molecule has 1 saturated heterocycles. The largest absolute Gasteiger partial charge is 0.267 e. The molecular weight excluding hydrogens is 174 g/mol. The Morgan fingerprint density at radius 1 is 0.846 bits per heavy atom. The summed E-state index contributed by atoms with van der Waals surface area (Å²) in [4.78, 5) is 20.3. The van der Waals surface area contributed by atoms with Crippen molar-refractivity contribution in [2.45, 2.75) is 37.9 Å². The molecule has 5 heteroatoms. The second-order valence-corrected chi connectivity index (χ2v) is 3.41. The van der Waals surface area contributed by atoms with Crippen molar-refractivity contribution in [2.75, 3.05) is 13.5 Å². The highest BCUT2D eigenvalue weighted by Gasteiger charge is 2.37. The molecule has 0 aromatic rings. The van der Waals surface area contributed by atoms with E-state index in [2.05, 4.69) is 5.32 Å². The van der Waals surface area contributed by atoms with Crippen LogP contribution in [0.2, 0.25) is 0 Å². The fraction of sp³-hybridized carbons (Fsp3) is 1.00. The SMILES string of the molecule is C1CCC2(CC1)OOCNCOO2. The monoisotopic (exact) mass is 189 g/mol. The van der Waals surface area contributed by atoms with Gasteiger partial charge in [-0.05, 0) is 12.8 Å². The third-order valence-corrected chi connectivity index (χ3v) is 2.36. The summed E-state index contributed by atoms with van der Waals surface area (Å²) in [6, 6.07) is 0. The molecule has 5 nitrogen and oxygen atoms in total. The minimum absolute atomic E-state index is 0.338. The van der Waals surface area contributed by atoms with Gasteiger partial charge in [0.2, 0.25) is 5.79 Å². The summed E-state index contributed by atoms with van der Waals surface area (Å²) in [5.41, 5.74) is 0. The van der Waals surface area contributed by atoms with Gasteiger partial charge >= 0.3 is 0 Å². The van der Waals surface area contributed by atoms with E-state index in [1.165, 1.54) is 6.42 Å². The summed E-state index contributed by atoms with van der Waals surface area (Å²) < 4.78 is 0. The normalized spacial score (nSPS) is 29.5. The van der Waals surface area contributed by atoms with Crippen molar-refractivity contribution < 1.29 is 19.6 Å². The minimum atomic E-state index is -0.652. The van der Waals surface area contributed by atoms with Crippen molar-refractivity contribution in [2.24, 2.45) is 0 Å². The van der Waals surface area contributed by atoms with Gasteiger partial charge in [0.05, 0.1) is 0 Å². The molecule has 0 atom stereocenters. The van der Waals surface area contributed by atoms with Crippen LogP contribution in [0.1, 0.15) is 32.1 Å². The lowest BCUT2D eigenvalue weighted by Crippen LogP contribution is -2.42. The first kappa shape index (κ1) is 9.36. The molecule has 1 aliphatic heterocycles. The Morgan fingerprint density at radius 3 is 2.08 bits per heavy atom. The summed E-state index contributed by atoms with van der Waals surface area (Å²) in [6.45, 7) is 0.677. The zero-order valence-electron chi connectivity index (χ0n) is 7.58. The quantitative estimate of drug-likeness (QED) is 0.577. The summed E-state index contributed by atoms with van der Waals surface area (Å²) in [7, 11) is 0. The first-order valence-electron chi connectivity index (χ1n) is 4.73. The Bertz CT molecular complexity index is 148. The van der Waals surface area contributed by atoms with Crippen molar-refractivity contribution in [3.05, 3.63) is 0 Å². The van der Waals surface area contributed by atoms with Gasteiger partial charge in [-0.3, -0.25) is 5.32 Å². The van der Waals surface area contributed by atoms with Crippen molar-refractivity contribution in [1.82, 2.24) is 5.32 Å². The van der Waals surface area contributed by atoms with Gasteiger partial charge in [0.25, 0.3) is 0 Å². The van der Waals surface area contributed by atoms with Gasteiger partial charge < -0.3 is 0 Å². The van der Waals surface area contributed by atoms with Crippen LogP contribution in [0, 0.1) is 0 Å². The lowest BCUT2D eigenvalue weighted by atomic mass is 9.94. The van der Waals surface area contributed by atoms with Gasteiger partial charge in [-0.1, -0.05) is 6.42 Å². The number of hydrogen-bond donors (Lipinski definition) is 1. The van der Waals surface area contributed by atoms with E-state index in [-0.39, 0.29) is 0 Å². The van der Waals surface area contributed by atoms with Gasteiger partial charge in [-0.25, -0.2) is 9.78 Å². The van der Waals surface area contributed by atoms with Crippen molar-refractivity contribution in [3.8, 4) is 0 Å². The molecule has 2 fully saturated rings. The predicted molar refractivity (Wildman–Crippen MR) is 43.0 cm³/mol. The summed E-state index contributed by atoms with van der Waals surface area (Å²) >= 11 is 0. The van der Waals surface area contributed by atoms with E-state index in [1.54, 1.807) is 0 Å². The molecule has 0 aromatic carbocycles. The van der Waals surface area contributed by atoms with E-state index < -0.39 is 5.79 Å². The minimum Gasteiger partial charge on any atom is -0.267 e. The third kappa shape index (κ3) is 2.38. The van der Waals surface area contributed by atoms with Crippen LogP contribution in [0.25, 0.3) is 0 Å². The van der Waals surface area contributed by atoms with Gasteiger partial charge in [-0.2, -0.15) is 9.78 Å². The van der Waals surface area contributed by atoms with Gasteiger partial charge in [0, 0.05) is 12.8 Å². The Morgan fingerprint density at radius 2 is 1.46 bits per heavy atom. The maximum atomic E-state index is 5.20. The molecule has 0 aromatic heterocycles. The zero-order valence-corrected chi connectivity index (χ0v) is 7.58. The summed E-state index contributed by atoms with van der Waals surface area (Å²) in [5, 5.41) is 2.81. The predicted octanol–water partition coefficient (Wildman–Crippen LogP) is 1.06. The van der Waals surface area contributed by atoms with E-state index >= 15 is 0 Å². The third-order valence-electron chi connectivity index (χ3n) is 2.36. The molecule has 0 bridgehead atoms. The second kappa shape index (κ2) is 4.34. The van der Waals surface area contributed by atoms with Crippen molar-refractivity contribution >= 4 is 0 Å². The van der Waals surface area contributed by atoms with E-state index in [9.17, 15) is 0 Å². The second-order valence-electron chi connectivity index (χ2n) is 3.41. The first-order valence-corrected chi connectivity index (χ1v) is 4.73. The number of rotatable bonds is 0. The highest BCUT2D eigenvalue weighted by Crippen LogP contribution is 2.33. The Kier molecular flexibility index (Phi) is 3.13. The van der Waals surface area contributed by atoms with Crippen LogP contribution in [-0.2, 0) is 19.6 Å². The standard InChI is InChI=1S/C8H15NO4/c1-2-4-8(5-3-1)12-10-6-9-7-11-13-8/h9H,1-7H2. The first-order chi connectivity index (χ1) is 6.41. The summed E-state index contributed by atoms with van der Waals surface area (Å²) in [5.74, 6) is -0.652. The van der Waals surface area contributed by atoms with Crippen LogP contribution in [-0.4, -0.2) is 19.2 Å². The smallest absolute Gasteiger partial charge is 0.234 e. The molecule has 1 N–H and O–H groups in total. The fourth-order valence-electron chi connectivity index (χ4n) is 1.67. The molecule has 2 aliphatic rings. The molecular formula is C8H15NO4.